The molecule has 5 nitrogen and oxygen atoms in total. The number of carbonyl (C=O) groups is 2. The van der Waals surface area contributed by atoms with Crippen LogP contribution in [0.15, 0.2) is 0 Å². The second-order valence-corrected chi connectivity index (χ2v) is 5.72. The van der Waals surface area contributed by atoms with Crippen molar-refractivity contribution in [3.8, 4) is 0 Å². The Labute approximate surface area is 113 Å². The Balaban J connectivity index is 1.87. The molecule has 0 saturated carbocycles. The molecular weight excluding hydrogens is 248 g/mol. The number of cyclic esters (lactones) is 1. The number of ether oxygens (including phenoxy) is 3. The molecule has 5 heteroatoms. The van der Waals surface area contributed by atoms with Gasteiger partial charge >= 0.3 is 5.97 Å². The van der Waals surface area contributed by atoms with Crippen LogP contribution in [0.3, 0.4) is 0 Å². The molecule has 2 rings (SSSR count). The van der Waals surface area contributed by atoms with Gasteiger partial charge in [-0.25, -0.2) is 0 Å². The summed E-state index contributed by atoms with van der Waals surface area (Å²) in [5, 5.41) is 0. The topological polar surface area (TPSA) is 61.8 Å². The molecule has 0 aromatic carbocycles. The number of carbonyl (C=O) groups excluding carboxylic acids is 2. The van der Waals surface area contributed by atoms with E-state index in [-0.39, 0.29) is 47.8 Å². The molecule has 0 aromatic heterocycles. The largest absolute Gasteiger partial charge is 0.465 e. The van der Waals surface area contributed by atoms with Crippen molar-refractivity contribution >= 4 is 11.8 Å². The summed E-state index contributed by atoms with van der Waals surface area (Å²) in [4.78, 5) is 22.9. The van der Waals surface area contributed by atoms with Crippen molar-refractivity contribution in [3.05, 3.63) is 0 Å². The van der Waals surface area contributed by atoms with E-state index in [1.54, 1.807) is 6.92 Å². The summed E-state index contributed by atoms with van der Waals surface area (Å²) in [7, 11) is 0. The first-order valence-electron chi connectivity index (χ1n) is 6.86. The molecule has 0 unspecified atom stereocenters. The van der Waals surface area contributed by atoms with Gasteiger partial charge in [-0.3, -0.25) is 9.59 Å². The first-order chi connectivity index (χ1) is 8.91. The molecule has 0 spiro atoms. The standard InChI is InChI=1S/C14H22O5/c1-7-11(5-17-13(7)16)6-18-14-8(2)12(9(3)15)10(4)19-14/h7-8,10-12,14H,5-6H2,1-4H3/t7-,8-,10+,11-,12+,14-/m0/s1. The Kier molecular flexibility index (Phi) is 4.26. The minimum Gasteiger partial charge on any atom is -0.465 e. The van der Waals surface area contributed by atoms with Crippen LogP contribution in [0, 0.1) is 23.7 Å². The number of hydrogen-bond donors (Lipinski definition) is 0. The zero-order valence-electron chi connectivity index (χ0n) is 11.9. The van der Waals surface area contributed by atoms with E-state index in [9.17, 15) is 9.59 Å². The molecule has 19 heavy (non-hydrogen) atoms. The minimum atomic E-state index is -0.369. The van der Waals surface area contributed by atoms with Crippen LogP contribution in [-0.4, -0.2) is 37.4 Å². The van der Waals surface area contributed by atoms with E-state index in [0.717, 1.165) is 0 Å². The van der Waals surface area contributed by atoms with Crippen LogP contribution in [0.5, 0.6) is 0 Å². The Hall–Kier alpha value is -0.940. The van der Waals surface area contributed by atoms with Gasteiger partial charge in [0.25, 0.3) is 0 Å². The molecule has 0 aliphatic carbocycles. The summed E-state index contributed by atoms with van der Waals surface area (Å²) in [5.41, 5.74) is 0. The van der Waals surface area contributed by atoms with Gasteiger partial charge in [-0.05, 0) is 13.8 Å². The molecule has 2 saturated heterocycles. The molecule has 0 amide bonds. The zero-order chi connectivity index (χ0) is 14.2. The summed E-state index contributed by atoms with van der Waals surface area (Å²) in [6, 6.07) is 0. The molecule has 2 heterocycles. The highest BCUT2D eigenvalue weighted by Gasteiger charge is 2.43. The molecule has 0 N–H and O–H groups in total. The fourth-order valence-electron chi connectivity index (χ4n) is 2.98. The molecule has 2 fully saturated rings. The van der Waals surface area contributed by atoms with Crippen molar-refractivity contribution in [3.63, 3.8) is 0 Å². The molecule has 0 radical (unpaired) electrons. The molecule has 0 bridgehead atoms. The van der Waals surface area contributed by atoms with Gasteiger partial charge in [0.15, 0.2) is 6.29 Å². The van der Waals surface area contributed by atoms with Crippen molar-refractivity contribution in [1.29, 1.82) is 0 Å². The second kappa shape index (κ2) is 5.59. The van der Waals surface area contributed by atoms with E-state index in [1.807, 2.05) is 20.8 Å². The molecular formula is C14H22O5. The summed E-state index contributed by atoms with van der Waals surface area (Å²) in [6.07, 6.45) is -0.483. The SMILES string of the molecule is CC(=O)[C@H]1[C@H](C)[C@@H](OC[C@@H]2COC(=O)[C@H]2C)O[C@@H]1C. The number of ketones is 1. The van der Waals surface area contributed by atoms with Crippen LogP contribution in [0.2, 0.25) is 0 Å². The number of esters is 1. The highest BCUT2D eigenvalue weighted by Crippen LogP contribution is 2.34. The average Bonchev–Trinajstić information content (AvgIpc) is 2.79. The second-order valence-electron chi connectivity index (χ2n) is 5.72. The van der Waals surface area contributed by atoms with Crippen molar-refractivity contribution in [1.82, 2.24) is 0 Å². The van der Waals surface area contributed by atoms with E-state index in [4.69, 9.17) is 14.2 Å². The maximum absolute atomic E-state index is 11.6. The van der Waals surface area contributed by atoms with E-state index < -0.39 is 0 Å². The summed E-state index contributed by atoms with van der Waals surface area (Å²) in [6.45, 7) is 8.15. The third-order valence-corrected chi connectivity index (χ3v) is 4.31. The lowest BCUT2D eigenvalue weighted by molar-refractivity contribution is -0.153. The maximum Gasteiger partial charge on any atom is 0.309 e. The fourth-order valence-corrected chi connectivity index (χ4v) is 2.98. The fraction of sp³-hybridized carbons (Fsp3) is 0.857. The van der Waals surface area contributed by atoms with Gasteiger partial charge in [0.1, 0.15) is 5.78 Å². The average molecular weight is 270 g/mol. The molecule has 108 valence electrons. The lowest BCUT2D eigenvalue weighted by atomic mass is 9.89. The Morgan fingerprint density at radius 2 is 2.05 bits per heavy atom. The highest BCUT2D eigenvalue weighted by molar-refractivity contribution is 5.79. The summed E-state index contributed by atoms with van der Waals surface area (Å²) < 4.78 is 16.4. The van der Waals surface area contributed by atoms with E-state index in [1.165, 1.54) is 0 Å². The molecule has 6 atom stereocenters. The highest BCUT2D eigenvalue weighted by atomic mass is 16.7. The van der Waals surface area contributed by atoms with Gasteiger partial charge in [0.05, 0.1) is 31.2 Å². The molecule has 2 aliphatic rings. The molecule has 0 aromatic rings. The minimum absolute atomic E-state index is 0.0424. The van der Waals surface area contributed by atoms with E-state index >= 15 is 0 Å². The van der Waals surface area contributed by atoms with Gasteiger partial charge in [0, 0.05) is 11.8 Å². The Morgan fingerprint density at radius 1 is 1.37 bits per heavy atom. The van der Waals surface area contributed by atoms with Crippen LogP contribution in [0.4, 0.5) is 0 Å². The van der Waals surface area contributed by atoms with Crippen molar-refractivity contribution in [2.75, 3.05) is 13.2 Å². The zero-order valence-corrected chi connectivity index (χ0v) is 11.9. The predicted molar refractivity (Wildman–Crippen MR) is 67.2 cm³/mol. The monoisotopic (exact) mass is 270 g/mol. The first kappa shape index (κ1) is 14.5. The maximum atomic E-state index is 11.6. The van der Waals surface area contributed by atoms with Gasteiger partial charge in [-0.15, -0.1) is 0 Å². The van der Waals surface area contributed by atoms with E-state index in [0.29, 0.717) is 13.2 Å². The lowest BCUT2D eigenvalue weighted by Gasteiger charge is -2.20. The Morgan fingerprint density at radius 3 is 2.53 bits per heavy atom. The van der Waals surface area contributed by atoms with Crippen LogP contribution in [-0.2, 0) is 23.8 Å². The Bertz CT molecular complexity index is 367. The lowest BCUT2D eigenvalue weighted by Crippen LogP contribution is -2.28. The predicted octanol–water partition coefficient (Wildman–Crippen LogP) is 1.40. The van der Waals surface area contributed by atoms with Gasteiger partial charge in [-0.1, -0.05) is 13.8 Å². The molecule has 2 aliphatic heterocycles. The van der Waals surface area contributed by atoms with Crippen molar-refractivity contribution in [2.24, 2.45) is 23.7 Å². The quantitative estimate of drug-likeness (QED) is 0.723. The van der Waals surface area contributed by atoms with Crippen molar-refractivity contribution < 1.29 is 23.8 Å². The van der Waals surface area contributed by atoms with Gasteiger partial charge in [0.2, 0.25) is 0 Å². The third-order valence-electron chi connectivity index (χ3n) is 4.31. The third kappa shape index (κ3) is 2.82. The van der Waals surface area contributed by atoms with Crippen LogP contribution < -0.4 is 0 Å². The van der Waals surface area contributed by atoms with Gasteiger partial charge < -0.3 is 14.2 Å². The van der Waals surface area contributed by atoms with Gasteiger partial charge in [-0.2, -0.15) is 0 Å². The smallest absolute Gasteiger partial charge is 0.309 e. The number of hydrogen-bond acceptors (Lipinski definition) is 5. The van der Waals surface area contributed by atoms with Crippen LogP contribution in [0.1, 0.15) is 27.7 Å². The summed E-state index contributed by atoms with van der Waals surface area (Å²) in [5.74, 6) is -0.139. The van der Waals surface area contributed by atoms with Crippen LogP contribution >= 0.6 is 0 Å². The van der Waals surface area contributed by atoms with E-state index in [2.05, 4.69) is 0 Å². The van der Waals surface area contributed by atoms with Crippen LogP contribution in [0.25, 0.3) is 0 Å². The number of Topliss-reactive ketones (excluding diaryl/α,β-unsaturated/α-hetero) is 1. The summed E-state index contributed by atoms with van der Waals surface area (Å²) >= 11 is 0. The first-order valence-corrected chi connectivity index (χ1v) is 6.86. The normalized spacial score (nSPS) is 42.4. The number of rotatable bonds is 4. The van der Waals surface area contributed by atoms with Crippen molar-refractivity contribution in [2.45, 2.75) is 40.1 Å².